The number of nitrogens with zero attached hydrogens (tertiary/aromatic N) is 2. The van der Waals surface area contributed by atoms with E-state index < -0.39 is 5.60 Å². The van der Waals surface area contributed by atoms with E-state index in [0.717, 1.165) is 24.9 Å². The van der Waals surface area contributed by atoms with Crippen LogP contribution in [0.3, 0.4) is 0 Å². The van der Waals surface area contributed by atoms with Crippen LogP contribution < -0.4 is 10.2 Å². The van der Waals surface area contributed by atoms with Gasteiger partial charge in [-0.05, 0) is 51.8 Å². The molecule has 6 nitrogen and oxygen atoms in total. The smallest absolute Gasteiger partial charge is 0.410 e. The Labute approximate surface area is 159 Å². The van der Waals surface area contributed by atoms with E-state index >= 15 is 0 Å². The zero-order valence-corrected chi connectivity index (χ0v) is 16.3. The molecule has 0 radical (unpaired) electrons. The first-order valence-corrected chi connectivity index (χ1v) is 9.44. The van der Waals surface area contributed by atoms with Gasteiger partial charge in [-0.2, -0.15) is 0 Å². The van der Waals surface area contributed by atoms with Crippen LogP contribution in [0.1, 0.15) is 39.2 Å². The van der Waals surface area contributed by atoms with Gasteiger partial charge in [0.1, 0.15) is 5.60 Å². The van der Waals surface area contributed by atoms with Gasteiger partial charge < -0.3 is 19.9 Å². The molecule has 1 fully saturated rings. The summed E-state index contributed by atoms with van der Waals surface area (Å²) in [6, 6.07) is 5.35. The van der Waals surface area contributed by atoms with E-state index in [0.29, 0.717) is 30.3 Å². The van der Waals surface area contributed by atoms with Crippen LogP contribution in [0.25, 0.3) is 0 Å². The highest BCUT2D eigenvalue weighted by molar-refractivity contribution is 6.34. The van der Waals surface area contributed by atoms with Crippen LogP contribution in [-0.2, 0) is 16.1 Å². The molecule has 2 aliphatic rings. The fourth-order valence-corrected chi connectivity index (χ4v) is 3.69. The summed E-state index contributed by atoms with van der Waals surface area (Å²) in [6.07, 6.45) is 1.44. The number of ether oxygens (including phenoxy) is 1. The number of amides is 2. The number of nitrogens with one attached hydrogen (secondary N) is 1. The molecule has 2 heterocycles. The third-order valence-corrected chi connectivity index (χ3v) is 4.88. The first-order valence-electron chi connectivity index (χ1n) is 9.06. The molecule has 1 aromatic carbocycles. The zero-order chi connectivity index (χ0) is 18.9. The Morgan fingerprint density at radius 1 is 1.27 bits per heavy atom. The van der Waals surface area contributed by atoms with Crippen LogP contribution in [0.15, 0.2) is 18.2 Å². The van der Waals surface area contributed by atoms with Crippen molar-refractivity contribution in [2.45, 2.75) is 51.8 Å². The third-order valence-electron chi connectivity index (χ3n) is 4.57. The van der Waals surface area contributed by atoms with Crippen molar-refractivity contribution in [1.82, 2.24) is 10.2 Å². The van der Waals surface area contributed by atoms with E-state index in [-0.39, 0.29) is 18.0 Å². The molecule has 1 N–H and O–H groups in total. The number of para-hydroxylation sites is 1. The molecule has 0 aromatic heterocycles. The number of anilines is 1. The molecular weight excluding hydrogens is 354 g/mol. The molecule has 26 heavy (non-hydrogen) atoms. The lowest BCUT2D eigenvalue weighted by Crippen LogP contribution is -2.46. The Morgan fingerprint density at radius 3 is 2.69 bits per heavy atom. The number of carbonyl (C=O) groups is 2. The van der Waals surface area contributed by atoms with Crippen LogP contribution in [0.5, 0.6) is 0 Å². The molecule has 0 spiro atoms. The number of hydrogen-bond donors (Lipinski definition) is 1. The maximum absolute atomic E-state index is 13.0. The summed E-state index contributed by atoms with van der Waals surface area (Å²) >= 11 is 6.44. The minimum absolute atomic E-state index is 0.0166. The van der Waals surface area contributed by atoms with Crippen molar-refractivity contribution in [3.05, 3.63) is 28.8 Å². The Morgan fingerprint density at radius 2 is 2.04 bits per heavy atom. The number of carbonyl (C=O) groups excluding carboxylic acids is 2. The molecule has 142 valence electrons. The Kier molecular flexibility index (Phi) is 5.44. The predicted molar refractivity (Wildman–Crippen MR) is 101 cm³/mol. The molecule has 3 rings (SSSR count). The highest BCUT2D eigenvalue weighted by Crippen LogP contribution is 2.34. The molecule has 1 saturated heterocycles. The number of hydrogen-bond acceptors (Lipinski definition) is 4. The van der Waals surface area contributed by atoms with E-state index in [9.17, 15) is 9.59 Å². The summed E-state index contributed by atoms with van der Waals surface area (Å²) in [5.74, 6) is 0.0166. The van der Waals surface area contributed by atoms with Crippen molar-refractivity contribution in [2.75, 3.05) is 24.5 Å². The van der Waals surface area contributed by atoms with E-state index in [1.54, 1.807) is 15.9 Å². The number of halogens is 1. The number of benzene rings is 1. The fraction of sp³-hybridized carbons (Fsp3) is 0.579. The molecule has 2 amide bonds. The fourth-order valence-electron chi connectivity index (χ4n) is 3.39. The lowest BCUT2D eigenvalue weighted by Gasteiger charge is -2.27. The summed E-state index contributed by atoms with van der Waals surface area (Å²) in [4.78, 5) is 29.0. The topological polar surface area (TPSA) is 61.9 Å². The maximum atomic E-state index is 13.0. The summed E-state index contributed by atoms with van der Waals surface area (Å²) in [7, 11) is 0. The largest absolute Gasteiger partial charge is 0.444 e. The van der Waals surface area contributed by atoms with Crippen LogP contribution in [-0.4, -0.2) is 48.2 Å². The Bertz CT molecular complexity index is 696. The van der Waals surface area contributed by atoms with Gasteiger partial charge in [-0.15, -0.1) is 0 Å². The number of fused-ring (bicyclic) bond motifs is 1. The predicted octanol–water partition coefficient (Wildman–Crippen LogP) is 3.18. The highest BCUT2D eigenvalue weighted by atomic mass is 35.5. The molecule has 1 unspecified atom stereocenters. The maximum Gasteiger partial charge on any atom is 0.410 e. The quantitative estimate of drug-likeness (QED) is 0.814. The zero-order valence-electron chi connectivity index (χ0n) is 15.5. The molecule has 1 aromatic rings. The van der Waals surface area contributed by atoms with Gasteiger partial charge >= 0.3 is 6.09 Å². The van der Waals surface area contributed by atoms with Crippen molar-refractivity contribution >= 4 is 29.3 Å². The van der Waals surface area contributed by atoms with Gasteiger partial charge in [-0.1, -0.05) is 23.7 Å². The van der Waals surface area contributed by atoms with Gasteiger partial charge in [0, 0.05) is 13.1 Å². The standard InChI is InChI=1S/C19H26ClN3O3/c1-19(2,3)26-18(25)22-10-11-23(17(24)15-8-5-9-21-15)16-13(12-22)6-4-7-14(16)20/h4,6-7,15,21H,5,8-12H2,1-3H3. The normalized spacial score (nSPS) is 20.5. The molecule has 0 saturated carbocycles. The molecule has 1 atom stereocenters. The summed E-state index contributed by atoms with van der Waals surface area (Å²) in [5.41, 5.74) is 0.996. The van der Waals surface area contributed by atoms with E-state index in [1.807, 2.05) is 32.9 Å². The minimum Gasteiger partial charge on any atom is -0.444 e. The average molecular weight is 380 g/mol. The van der Waals surface area contributed by atoms with Crippen molar-refractivity contribution in [2.24, 2.45) is 0 Å². The third kappa shape index (κ3) is 4.13. The van der Waals surface area contributed by atoms with Gasteiger partial charge in [0.15, 0.2) is 0 Å². The second-order valence-electron chi connectivity index (χ2n) is 7.79. The summed E-state index contributed by atoms with van der Waals surface area (Å²) in [6.45, 7) is 7.54. The van der Waals surface area contributed by atoms with Gasteiger partial charge in [0.2, 0.25) is 5.91 Å². The first-order chi connectivity index (χ1) is 12.3. The number of rotatable bonds is 1. The van der Waals surface area contributed by atoms with Gasteiger partial charge in [0.25, 0.3) is 0 Å². The SMILES string of the molecule is CC(C)(C)OC(=O)N1CCN(C(=O)C2CCCN2)c2c(Cl)cccc2C1. The van der Waals surface area contributed by atoms with Crippen molar-refractivity contribution in [1.29, 1.82) is 0 Å². The van der Waals surface area contributed by atoms with Crippen LogP contribution >= 0.6 is 11.6 Å². The Balaban J connectivity index is 1.88. The van der Waals surface area contributed by atoms with Gasteiger partial charge in [-0.3, -0.25) is 4.79 Å². The van der Waals surface area contributed by atoms with Crippen LogP contribution in [0, 0.1) is 0 Å². The molecule has 7 heteroatoms. The second kappa shape index (κ2) is 7.45. The van der Waals surface area contributed by atoms with Crippen molar-refractivity contribution < 1.29 is 14.3 Å². The lowest BCUT2D eigenvalue weighted by molar-refractivity contribution is -0.120. The lowest BCUT2D eigenvalue weighted by atomic mass is 10.1. The highest BCUT2D eigenvalue weighted by Gasteiger charge is 2.34. The average Bonchev–Trinajstić information content (AvgIpc) is 3.00. The van der Waals surface area contributed by atoms with Gasteiger partial charge in [0.05, 0.1) is 23.3 Å². The minimum atomic E-state index is -0.566. The molecule has 0 aliphatic carbocycles. The second-order valence-corrected chi connectivity index (χ2v) is 8.20. The van der Waals surface area contributed by atoms with Crippen LogP contribution in [0.2, 0.25) is 5.02 Å². The summed E-state index contributed by atoms with van der Waals surface area (Å²) < 4.78 is 5.51. The molecular formula is C19H26ClN3O3. The van der Waals surface area contributed by atoms with E-state index in [1.165, 1.54) is 0 Å². The van der Waals surface area contributed by atoms with E-state index in [2.05, 4.69) is 5.32 Å². The van der Waals surface area contributed by atoms with Crippen molar-refractivity contribution in [3.8, 4) is 0 Å². The molecule has 2 aliphatic heterocycles. The monoisotopic (exact) mass is 379 g/mol. The van der Waals surface area contributed by atoms with Crippen molar-refractivity contribution in [3.63, 3.8) is 0 Å². The Hall–Kier alpha value is -1.79. The first kappa shape index (κ1) is 19.0. The molecule has 0 bridgehead atoms. The van der Waals surface area contributed by atoms with Gasteiger partial charge in [-0.25, -0.2) is 4.79 Å². The van der Waals surface area contributed by atoms with E-state index in [4.69, 9.17) is 16.3 Å². The summed E-state index contributed by atoms with van der Waals surface area (Å²) in [5, 5.41) is 3.78. The van der Waals surface area contributed by atoms with Crippen LogP contribution in [0.4, 0.5) is 10.5 Å².